The molecule has 1 saturated heterocycles. The second-order valence-corrected chi connectivity index (χ2v) is 5.59. The van der Waals surface area contributed by atoms with Crippen LogP contribution >= 0.6 is 0 Å². The molecule has 0 saturated carbocycles. The predicted octanol–water partition coefficient (Wildman–Crippen LogP) is -1.51. The Balaban J connectivity index is 2.78. The maximum Gasteiger partial charge on any atom is 0.154 e. The summed E-state index contributed by atoms with van der Waals surface area (Å²) in [6.07, 6.45) is -1.00. The minimum atomic E-state index is -3.24. The van der Waals surface area contributed by atoms with Gasteiger partial charge in [-0.15, -0.1) is 0 Å². The van der Waals surface area contributed by atoms with Crippen LogP contribution in [-0.2, 0) is 9.84 Å². The monoisotopic (exact) mass is 229 g/mol. The van der Waals surface area contributed by atoms with E-state index in [0.717, 1.165) is 0 Å². The lowest BCUT2D eigenvalue weighted by Crippen LogP contribution is -2.43. The second-order valence-electron chi connectivity index (χ2n) is 3.43. The molecule has 7 heteroatoms. The van der Waals surface area contributed by atoms with Crippen molar-refractivity contribution in [3.63, 3.8) is 0 Å². The van der Waals surface area contributed by atoms with E-state index < -0.39 is 22.0 Å². The minimum absolute atomic E-state index is 0.0508. The Morgan fingerprint density at radius 1 is 1.27 bits per heavy atom. The van der Waals surface area contributed by atoms with E-state index >= 15 is 0 Å². The third-order valence-corrected chi connectivity index (χ3v) is 4.01. The molecule has 1 rings (SSSR count). The van der Waals surface area contributed by atoms with Crippen LogP contribution in [0.4, 0.5) is 0 Å². The maximum absolute atomic E-state index is 11.2. The van der Waals surface area contributed by atoms with E-state index in [1.807, 2.05) is 12.1 Å². The molecule has 2 atom stereocenters. The van der Waals surface area contributed by atoms with E-state index in [9.17, 15) is 13.5 Å². The third kappa shape index (κ3) is 2.90. The van der Waals surface area contributed by atoms with Crippen molar-refractivity contribution in [1.82, 2.24) is 4.90 Å². The summed E-state index contributed by atoms with van der Waals surface area (Å²) in [6, 6.07) is 3.06. The van der Waals surface area contributed by atoms with Crippen LogP contribution in [-0.4, -0.2) is 55.2 Å². The van der Waals surface area contributed by atoms with Crippen LogP contribution < -0.4 is 0 Å². The predicted molar refractivity (Wildman–Crippen MR) is 51.2 cm³/mol. The molecule has 0 amide bonds. The lowest BCUT2D eigenvalue weighted by molar-refractivity contribution is 0.0998. The van der Waals surface area contributed by atoms with Gasteiger partial charge in [-0.2, -0.15) is 10.5 Å². The van der Waals surface area contributed by atoms with Crippen molar-refractivity contribution >= 4 is 9.84 Å². The van der Waals surface area contributed by atoms with Crippen LogP contribution in [0.25, 0.3) is 0 Å². The summed E-state index contributed by atoms with van der Waals surface area (Å²) in [5, 5.41) is 26.5. The lowest BCUT2D eigenvalue weighted by atomic mass is 10.2. The van der Waals surface area contributed by atoms with Crippen LogP contribution in [0.3, 0.4) is 0 Å². The smallest absolute Gasteiger partial charge is 0.154 e. The first-order chi connectivity index (χ1) is 7.00. The summed E-state index contributed by atoms with van der Waals surface area (Å²) in [4.78, 5) is 1.38. The summed E-state index contributed by atoms with van der Waals surface area (Å²) < 4.78 is 22.4. The highest BCUT2D eigenvalue weighted by atomic mass is 32.2. The van der Waals surface area contributed by atoms with E-state index in [0.29, 0.717) is 0 Å². The molecule has 6 nitrogen and oxygen atoms in total. The normalized spacial score (nSPS) is 28.5. The van der Waals surface area contributed by atoms with Crippen molar-refractivity contribution in [2.24, 2.45) is 0 Å². The zero-order valence-corrected chi connectivity index (χ0v) is 8.81. The van der Waals surface area contributed by atoms with Gasteiger partial charge in [0.25, 0.3) is 0 Å². The van der Waals surface area contributed by atoms with Crippen molar-refractivity contribution in [2.45, 2.75) is 12.1 Å². The number of hydrogen-bond acceptors (Lipinski definition) is 6. The molecule has 0 bridgehead atoms. The Morgan fingerprint density at radius 2 is 1.80 bits per heavy atom. The number of hydrogen-bond donors (Lipinski definition) is 1. The van der Waals surface area contributed by atoms with Gasteiger partial charge in [-0.1, -0.05) is 0 Å². The van der Waals surface area contributed by atoms with E-state index in [1.165, 1.54) is 4.90 Å². The summed E-state index contributed by atoms with van der Waals surface area (Å²) in [7, 11) is -3.24. The Hall–Kier alpha value is -1.15. The van der Waals surface area contributed by atoms with Crippen molar-refractivity contribution in [1.29, 1.82) is 10.5 Å². The zero-order chi connectivity index (χ0) is 11.5. The van der Waals surface area contributed by atoms with Crippen LogP contribution in [0, 0.1) is 22.7 Å². The van der Waals surface area contributed by atoms with Gasteiger partial charge >= 0.3 is 0 Å². The van der Waals surface area contributed by atoms with Gasteiger partial charge in [-0.05, 0) is 0 Å². The van der Waals surface area contributed by atoms with Crippen LogP contribution in [0.2, 0.25) is 0 Å². The molecule has 1 aliphatic rings. The number of aliphatic hydroxyl groups is 1. The number of aliphatic hydroxyl groups excluding tert-OH is 1. The number of sulfone groups is 1. The number of rotatable bonds is 3. The van der Waals surface area contributed by atoms with Crippen LogP contribution in [0.15, 0.2) is 0 Å². The molecule has 0 aromatic rings. The molecule has 82 valence electrons. The van der Waals surface area contributed by atoms with Gasteiger partial charge in [0.2, 0.25) is 0 Å². The largest absolute Gasteiger partial charge is 0.390 e. The molecule has 1 heterocycles. The van der Waals surface area contributed by atoms with Gasteiger partial charge in [0.15, 0.2) is 9.84 Å². The molecule has 0 aromatic carbocycles. The van der Waals surface area contributed by atoms with E-state index in [1.54, 1.807) is 0 Å². The minimum Gasteiger partial charge on any atom is -0.390 e. The fourth-order valence-electron chi connectivity index (χ4n) is 1.63. The Morgan fingerprint density at radius 3 is 2.13 bits per heavy atom. The fraction of sp³-hybridized carbons (Fsp3) is 0.750. The fourth-order valence-corrected chi connectivity index (χ4v) is 3.46. The Kier molecular flexibility index (Phi) is 3.64. The molecule has 1 fully saturated rings. The highest BCUT2D eigenvalue weighted by molar-refractivity contribution is 7.91. The topological polar surface area (TPSA) is 105 Å². The van der Waals surface area contributed by atoms with Gasteiger partial charge in [0, 0.05) is 0 Å². The van der Waals surface area contributed by atoms with Gasteiger partial charge in [-0.25, -0.2) is 8.42 Å². The molecular formula is C8H11N3O3S. The number of nitrogens with zero attached hydrogens (tertiary/aromatic N) is 3. The van der Waals surface area contributed by atoms with Gasteiger partial charge in [-0.3, -0.25) is 4.90 Å². The van der Waals surface area contributed by atoms with Gasteiger partial charge in [0.1, 0.15) is 0 Å². The average molecular weight is 229 g/mol. The first kappa shape index (κ1) is 11.9. The van der Waals surface area contributed by atoms with Crippen molar-refractivity contribution in [3.8, 4) is 12.1 Å². The second kappa shape index (κ2) is 4.58. The summed E-state index contributed by atoms with van der Waals surface area (Å²) in [6.45, 7) is -0.102. The molecule has 1 aliphatic heterocycles. The highest BCUT2D eigenvalue weighted by Crippen LogP contribution is 2.17. The average Bonchev–Trinajstić information content (AvgIpc) is 2.39. The molecule has 15 heavy (non-hydrogen) atoms. The summed E-state index contributed by atoms with van der Waals surface area (Å²) in [5.74, 6) is -0.470. The molecule has 0 spiro atoms. The lowest BCUT2D eigenvalue weighted by Gasteiger charge is -2.24. The van der Waals surface area contributed by atoms with Crippen LogP contribution in [0.1, 0.15) is 0 Å². The summed E-state index contributed by atoms with van der Waals surface area (Å²) in [5.41, 5.74) is 0. The van der Waals surface area contributed by atoms with Gasteiger partial charge < -0.3 is 5.11 Å². The molecule has 0 aliphatic carbocycles. The zero-order valence-electron chi connectivity index (χ0n) is 8.00. The molecular weight excluding hydrogens is 218 g/mol. The molecule has 0 radical (unpaired) electrons. The third-order valence-electron chi connectivity index (χ3n) is 2.31. The van der Waals surface area contributed by atoms with Crippen LogP contribution in [0.5, 0.6) is 0 Å². The molecule has 2 unspecified atom stereocenters. The first-order valence-electron chi connectivity index (χ1n) is 4.36. The standard InChI is InChI=1S/C8H11N3O3S/c9-1-3-11(4-2-10)7-5-15(13,14)6-8(7)12/h7-8,12H,3-6H2. The SMILES string of the molecule is N#CCN(CC#N)C1CS(=O)(=O)CC1O. The van der Waals surface area contributed by atoms with E-state index in [2.05, 4.69) is 0 Å². The molecule has 0 aromatic heterocycles. The highest BCUT2D eigenvalue weighted by Gasteiger charge is 2.39. The van der Waals surface area contributed by atoms with Gasteiger partial charge in [0.05, 0.1) is 48.9 Å². The van der Waals surface area contributed by atoms with E-state index in [-0.39, 0.29) is 24.6 Å². The van der Waals surface area contributed by atoms with Crippen molar-refractivity contribution < 1.29 is 13.5 Å². The molecule has 1 N–H and O–H groups in total. The van der Waals surface area contributed by atoms with E-state index in [4.69, 9.17) is 10.5 Å². The Bertz CT molecular complexity index is 390. The van der Waals surface area contributed by atoms with Crippen molar-refractivity contribution in [3.05, 3.63) is 0 Å². The van der Waals surface area contributed by atoms with Crippen molar-refractivity contribution in [2.75, 3.05) is 24.6 Å². The quantitative estimate of drug-likeness (QED) is 0.590. The first-order valence-corrected chi connectivity index (χ1v) is 6.19. The number of nitriles is 2. The maximum atomic E-state index is 11.2. The Labute approximate surface area is 88.3 Å². The summed E-state index contributed by atoms with van der Waals surface area (Å²) >= 11 is 0.